The summed E-state index contributed by atoms with van der Waals surface area (Å²) in [4.78, 5) is 42.1. The first kappa shape index (κ1) is 16.0. The van der Waals surface area contributed by atoms with Gasteiger partial charge in [0.2, 0.25) is 5.91 Å². The van der Waals surface area contributed by atoms with Gasteiger partial charge in [-0.15, -0.1) is 0 Å². The van der Waals surface area contributed by atoms with E-state index in [1.54, 1.807) is 24.3 Å². The van der Waals surface area contributed by atoms with Crippen molar-refractivity contribution < 1.29 is 14.4 Å². The van der Waals surface area contributed by atoms with Crippen LogP contribution in [-0.4, -0.2) is 38.6 Å². The van der Waals surface area contributed by atoms with Crippen LogP contribution in [-0.2, 0) is 11.3 Å². The number of hydrogen-bond donors (Lipinski definition) is 1. The smallest absolute Gasteiger partial charge is 0.262 e. The average Bonchev–Trinajstić information content (AvgIpc) is 3.14. The second kappa shape index (κ2) is 6.11. The van der Waals surface area contributed by atoms with Crippen molar-refractivity contribution in [1.82, 2.24) is 19.6 Å². The van der Waals surface area contributed by atoms with Crippen LogP contribution in [0, 0.1) is 6.92 Å². The number of aromatic nitrogens is 2. The molecule has 1 aliphatic heterocycles. The van der Waals surface area contributed by atoms with Crippen LogP contribution < -0.4 is 5.32 Å². The lowest BCUT2D eigenvalue weighted by Gasteiger charge is -2.13. The highest BCUT2D eigenvalue weighted by Gasteiger charge is 2.36. The number of benzene rings is 1. The van der Waals surface area contributed by atoms with E-state index in [4.69, 9.17) is 0 Å². The lowest BCUT2D eigenvalue weighted by molar-refractivity contribution is -0.121. The van der Waals surface area contributed by atoms with Gasteiger partial charge in [0.1, 0.15) is 12.2 Å². The molecule has 0 radical (unpaired) electrons. The number of carbonyl (C=O) groups excluding carboxylic acids is 3. The summed E-state index contributed by atoms with van der Waals surface area (Å²) in [5.74, 6) is -1.29. The maximum Gasteiger partial charge on any atom is 0.262 e. The normalized spacial score (nSPS) is 13.3. The van der Waals surface area contributed by atoms with Crippen LogP contribution in [0.25, 0.3) is 5.65 Å². The quantitative estimate of drug-likeness (QED) is 0.725. The number of carbonyl (C=O) groups is 3. The summed E-state index contributed by atoms with van der Waals surface area (Å²) >= 11 is 0. The Morgan fingerprint density at radius 1 is 1.04 bits per heavy atom. The first-order valence-corrected chi connectivity index (χ1v) is 8.19. The molecule has 0 atom stereocenters. The van der Waals surface area contributed by atoms with Crippen molar-refractivity contribution in [2.45, 2.75) is 13.5 Å². The molecule has 26 heavy (non-hydrogen) atoms. The third kappa shape index (κ3) is 2.73. The first-order chi connectivity index (χ1) is 12.5. The first-order valence-electron chi connectivity index (χ1n) is 8.19. The second-order valence-corrected chi connectivity index (χ2v) is 6.22. The highest BCUT2D eigenvalue weighted by Crippen LogP contribution is 2.21. The Balaban J connectivity index is 1.41. The summed E-state index contributed by atoms with van der Waals surface area (Å²) in [7, 11) is 0. The minimum Gasteiger partial charge on any atom is -0.349 e. The number of imide groups is 1. The molecule has 1 aromatic carbocycles. The zero-order valence-electron chi connectivity index (χ0n) is 14.1. The Hall–Kier alpha value is -3.48. The number of nitrogens with one attached hydrogen (secondary N) is 1. The molecule has 0 spiro atoms. The number of fused-ring (bicyclic) bond motifs is 2. The van der Waals surface area contributed by atoms with Gasteiger partial charge in [0.05, 0.1) is 23.4 Å². The van der Waals surface area contributed by atoms with Gasteiger partial charge in [-0.1, -0.05) is 18.2 Å². The molecular formula is C19H16N4O3. The number of nitrogens with zero attached hydrogens (tertiary/aromatic N) is 3. The molecule has 0 unspecified atom stereocenters. The molecule has 3 amide bonds. The zero-order chi connectivity index (χ0) is 18.3. The topological polar surface area (TPSA) is 83.8 Å². The maximum absolute atomic E-state index is 12.3. The molecule has 2 aromatic heterocycles. The number of pyridine rings is 1. The molecule has 1 aliphatic rings. The van der Waals surface area contributed by atoms with Gasteiger partial charge in [0, 0.05) is 12.4 Å². The SMILES string of the molecule is Cc1ccc2nc(CNC(=O)CN3C(=O)c4ccccc4C3=O)cn2c1. The molecule has 7 nitrogen and oxygen atoms in total. The fourth-order valence-corrected chi connectivity index (χ4v) is 3.01. The van der Waals surface area contributed by atoms with Gasteiger partial charge in [-0.2, -0.15) is 0 Å². The molecule has 3 heterocycles. The molecule has 7 heteroatoms. The molecule has 130 valence electrons. The minimum absolute atomic E-state index is 0.225. The van der Waals surface area contributed by atoms with Crippen LogP contribution in [0.4, 0.5) is 0 Å². The standard InChI is InChI=1S/C19H16N4O3/c1-12-6-7-16-21-13(10-22(16)9-12)8-20-17(24)11-23-18(25)14-4-2-3-5-15(14)19(23)26/h2-7,9-10H,8,11H2,1H3,(H,20,24). The summed E-state index contributed by atoms with van der Waals surface area (Å²) < 4.78 is 1.89. The number of rotatable bonds is 4. The van der Waals surface area contributed by atoms with E-state index >= 15 is 0 Å². The fraction of sp³-hybridized carbons (Fsp3) is 0.158. The molecule has 1 N–H and O–H groups in total. The number of aryl methyl sites for hydroxylation is 1. The largest absolute Gasteiger partial charge is 0.349 e. The van der Waals surface area contributed by atoms with E-state index in [1.807, 2.05) is 35.9 Å². The molecule has 0 fully saturated rings. The Labute approximate surface area is 149 Å². The summed E-state index contributed by atoms with van der Waals surface area (Å²) in [6, 6.07) is 10.4. The van der Waals surface area contributed by atoms with Crippen LogP contribution in [0.2, 0.25) is 0 Å². The van der Waals surface area contributed by atoms with E-state index < -0.39 is 17.7 Å². The van der Waals surface area contributed by atoms with Crippen molar-refractivity contribution in [1.29, 1.82) is 0 Å². The zero-order valence-corrected chi connectivity index (χ0v) is 14.1. The van der Waals surface area contributed by atoms with Crippen molar-refractivity contribution in [3.05, 3.63) is 71.2 Å². The fourth-order valence-electron chi connectivity index (χ4n) is 3.01. The Bertz CT molecular complexity index is 1020. The van der Waals surface area contributed by atoms with Gasteiger partial charge in [-0.05, 0) is 30.7 Å². The number of hydrogen-bond acceptors (Lipinski definition) is 4. The van der Waals surface area contributed by atoms with Crippen molar-refractivity contribution in [2.24, 2.45) is 0 Å². The highest BCUT2D eigenvalue weighted by molar-refractivity contribution is 6.22. The minimum atomic E-state index is -0.441. The van der Waals surface area contributed by atoms with Crippen molar-refractivity contribution in [2.75, 3.05) is 6.54 Å². The molecule has 0 bridgehead atoms. The van der Waals surface area contributed by atoms with E-state index in [2.05, 4.69) is 10.3 Å². The van der Waals surface area contributed by atoms with Gasteiger partial charge in [0.25, 0.3) is 11.8 Å². The van der Waals surface area contributed by atoms with Crippen LogP contribution >= 0.6 is 0 Å². The van der Waals surface area contributed by atoms with E-state index in [1.165, 1.54) is 0 Å². The van der Waals surface area contributed by atoms with Crippen LogP contribution in [0.15, 0.2) is 48.8 Å². The molecule has 0 aliphatic carbocycles. The molecule has 3 aromatic rings. The van der Waals surface area contributed by atoms with E-state index in [-0.39, 0.29) is 13.1 Å². The summed E-state index contributed by atoms with van der Waals surface area (Å²) in [5.41, 5.74) is 3.27. The summed E-state index contributed by atoms with van der Waals surface area (Å²) in [6.45, 7) is 1.91. The molecule has 0 saturated heterocycles. The molecule has 0 saturated carbocycles. The summed E-state index contributed by atoms with van der Waals surface area (Å²) in [5, 5.41) is 2.71. The van der Waals surface area contributed by atoms with Gasteiger partial charge >= 0.3 is 0 Å². The summed E-state index contributed by atoms with van der Waals surface area (Å²) in [6.07, 6.45) is 3.79. The van der Waals surface area contributed by atoms with Gasteiger partial charge in [-0.25, -0.2) is 4.98 Å². The van der Waals surface area contributed by atoms with Crippen LogP contribution in [0.5, 0.6) is 0 Å². The lowest BCUT2D eigenvalue weighted by atomic mass is 10.1. The van der Waals surface area contributed by atoms with Crippen molar-refractivity contribution >= 4 is 23.4 Å². The third-order valence-corrected chi connectivity index (χ3v) is 4.30. The van der Waals surface area contributed by atoms with Crippen molar-refractivity contribution in [3.63, 3.8) is 0 Å². The highest BCUT2D eigenvalue weighted by atomic mass is 16.2. The third-order valence-electron chi connectivity index (χ3n) is 4.30. The predicted octanol–water partition coefficient (Wildman–Crippen LogP) is 1.56. The van der Waals surface area contributed by atoms with E-state index in [9.17, 15) is 14.4 Å². The lowest BCUT2D eigenvalue weighted by Crippen LogP contribution is -2.40. The Morgan fingerprint density at radius 3 is 2.42 bits per heavy atom. The number of amides is 3. The van der Waals surface area contributed by atoms with Crippen LogP contribution in [0.3, 0.4) is 0 Å². The average molecular weight is 348 g/mol. The monoisotopic (exact) mass is 348 g/mol. The Kier molecular flexibility index (Phi) is 3.76. The molecule has 4 rings (SSSR count). The Morgan fingerprint density at radius 2 is 1.73 bits per heavy atom. The second-order valence-electron chi connectivity index (χ2n) is 6.22. The van der Waals surface area contributed by atoms with Gasteiger partial charge in [0.15, 0.2) is 0 Å². The number of imidazole rings is 1. The maximum atomic E-state index is 12.3. The van der Waals surface area contributed by atoms with Crippen molar-refractivity contribution in [3.8, 4) is 0 Å². The van der Waals surface area contributed by atoms with E-state index in [0.717, 1.165) is 16.1 Å². The molecular weight excluding hydrogens is 332 g/mol. The van der Waals surface area contributed by atoms with Crippen LogP contribution in [0.1, 0.15) is 32.0 Å². The van der Waals surface area contributed by atoms with E-state index in [0.29, 0.717) is 16.8 Å². The van der Waals surface area contributed by atoms with Gasteiger partial charge < -0.3 is 9.72 Å². The van der Waals surface area contributed by atoms with Gasteiger partial charge in [-0.3, -0.25) is 19.3 Å². The predicted molar refractivity (Wildman–Crippen MR) is 93.6 cm³/mol.